The fraction of sp³-hybridized carbons (Fsp3) is 1.00. The van der Waals surface area contributed by atoms with E-state index in [1.54, 1.807) is 6.92 Å². The first-order valence-electron chi connectivity index (χ1n) is 5.29. The third kappa shape index (κ3) is 8.69. The molecule has 15 heavy (non-hydrogen) atoms. The predicted octanol–water partition coefficient (Wildman–Crippen LogP) is 2.24. The van der Waals surface area contributed by atoms with Crippen molar-refractivity contribution in [3.8, 4) is 0 Å². The second-order valence-corrected chi connectivity index (χ2v) is 4.33. The number of likely N-dealkylation sites (N-methyl/N-ethyl adjacent to an activating group) is 1. The maximum Gasteiger partial charge on any atom is 0.401 e. The van der Waals surface area contributed by atoms with Gasteiger partial charge >= 0.3 is 6.18 Å². The van der Waals surface area contributed by atoms with Crippen LogP contribution in [0.4, 0.5) is 13.2 Å². The van der Waals surface area contributed by atoms with Gasteiger partial charge in [0.25, 0.3) is 0 Å². The molecule has 5 heteroatoms. The van der Waals surface area contributed by atoms with Crippen LogP contribution in [0.25, 0.3) is 0 Å². The van der Waals surface area contributed by atoms with Crippen molar-refractivity contribution in [1.29, 1.82) is 0 Å². The Balaban J connectivity index is 3.98. The third-order valence-electron chi connectivity index (χ3n) is 2.12. The molecular formula is C10H21F3N2. The fourth-order valence-electron chi connectivity index (χ4n) is 1.57. The lowest BCUT2D eigenvalue weighted by molar-refractivity contribution is -0.145. The van der Waals surface area contributed by atoms with Crippen molar-refractivity contribution in [2.75, 3.05) is 19.6 Å². The fourth-order valence-corrected chi connectivity index (χ4v) is 1.57. The second kappa shape index (κ2) is 6.33. The maximum atomic E-state index is 12.1. The summed E-state index contributed by atoms with van der Waals surface area (Å²) in [7, 11) is 0. The van der Waals surface area contributed by atoms with Gasteiger partial charge in [0.15, 0.2) is 0 Å². The Hall–Kier alpha value is -0.290. The van der Waals surface area contributed by atoms with Crippen molar-refractivity contribution < 1.29 is 13.2 Å². The highest BCUT2D eigenvalue weighted by Gasteiger charge is 2.30. The summed E-state index contributed by atoms with van der Waals surface area (Å²) in [4.78, 5) is 1.34. The summed E-state index contributed by atoms with van der Waals surface area (Å²) in [6, 6.07) is -0.174. The van der Waals surface area contributed by atoms with E-state index in [4.69, 9.17) is 5.73 Å². The summed E-state index contributed by atoms with van der Waals surface area (Å²) < 4.78 is 36.4. The van der Waals surface area contributed by atoms with Gasteiger partial charge in [-0.3, -0.25) is 4.90 Å². The molecule has 0 aliphatic carbocycles. The van der Waals surface area contributed by atoms with Crippen LogP contribution in [0.15, 0.2) is 0 Å². The molecule has 0 spiro atoms. The smallest absolute Gasteiger partial charge is 0.327 e. The molecular weight excluding hydrogens is 205 g/mol. The minimum absolute atomic E-state index is 0.174. The van der Waals surface area contributed by atoms with Gasteiger partial charge in [-0.05, 0) is 18.9 Å². The standard InChI is InChI=1S/C10H21F3N2/c1-4-15(7-10(11,12)13)6-9(14)5-8(2)3/h8-9H,4-7,14H2,1-3H3. The van der Waals surface area contributed by atoms with Gasteiger partial charge in [0.2, 0.25) is 0 Å². The highest BCUT2D eigenvalue weighted by molar-refractivity contribution is 4.71. The molecule has 0 aromatic carbocycles. The predicted molar refractivity (Wildman–Crippen MR) is 55.6 cm³/mol. The lowest BCUT2D eigenvalue weighted by Crippen LogP contribution is -2.42. The number of nitrogens with two attached hydrogens (primary N) is 1. The molecule has 0 heterocycles. The van der Waals surface area contributed by atoms with Crippen molar-refractivity contribution in [2.24, 2.45) is 11.7 Å². The Kier molecular flexibility index (Phi) is 6.20. The topological polar surface area (TPSA) is 29.3 Å². The molecule has 0 fully saturated rings. The van der Waals surface area contributed by atoms with E-state index in [-0.39, 0.29) is 6.04 Å². The van der Waals surface area contributed by atoms with Crippen molar-refractivity contribution in [1.82, 2.24) is 4.90 Å². The van der Waals surface area contributed by atoms with Gasteiger partial charge < -0.3 is 5.73 Å². The van der Waals surface area contributed by atoms with Gasteiger partial charge in [-0.25, -0.2) is 0 Å². The van der Waals surface area contributed by atoms with Gasteiger partial charge in [-0.15, -0.1) is 0 Å². The Bertz CT molecular complexity index is 169. The summed E-state index contributed by atoms with van der Waals surface area (Å²) in [5, 5.41) is 0. The van der Waals surface area contributed by atoms with Crippen LogP contribution < -0.4 is 5.73 Å². The zero-order valence-electron chi connectivity index (χ0n) is 9.64. The Morgan fingerprint density at radius 2 is 1.80 bits per heavy atom. The summed E-state index contributed by atoms with van der Waals surface area (Å²) in [5.41, 5.74) is 5.76. The summed E-state index contributed by atoms with van der Waals surface area (Å²) in [6.45, 7) is 5.57. The number of halogens is 3. The monoisotopic (exact) mass is 226 g/mol. The molecule has 0 saturated carbocycles. The van der Waals surface area contributed by atoms with Crippen molar-refractivity contribution in [3.63, 3.8) is 0 Å². The number of hydrogen-bond donors (Lipinski definition) is 1. The lowest BCUT2D eigenvalue weighted by atomic mass is 10.0. The Morgan fingerprint density at radius 3 is 2.13 bits per heavy atom. The van der Waals surface area contributed by atoms with E-state index >= 15 is 0 Å². The normalized spacial score (nSPS) is 15.0. The van der Waals surface area contributed by atoms with E-state index in [0.29, 0.717) is 19.0 Å². The first-order chi connectivity index (χ1) is 6.74. The molecule has 0 rings (SSSR count). The van der Waals surface area contributed by atoms with Crippen LogP contribution >= 0.6 is 0 Å². The van der Waals surface area contributed by atoms with Crippen molar-refractivity contribution >= 4 is 0 Å². The molecule has 92 valence electrons. The SMILES string of the molecule is CCN(CC(N)CC(C)C)CC(F)(F)F. The van der Waals surface area contributed by atoms with Crippen LogP contribution in [0.5, 0.6) is 0 Å². The highest BCUT2D eigenvalue weighted by Crippen LogP contribution is 2.16. The number of rotatable bonds is 6. The molecule has 2 nitrogen and oxygen atoms in total. The number of alkyl halides is 3. The molecule has 0 saturated heterocycles. The molecule has 1 unspecified atom stereocenters. The lowest BCUT2D eigenvalue weighted by Gasteiger charge is -2.25. The van der Waals surface area contributed by atoms with Gasteiger partial charge in [0.05, 0.1) is 6.54 Å². The second-order valence-electron chi connectivity index (χ2n) is 4.33. The van der Waals surface area contributed by atoms with Crippen LogP contribution in [-0.2, 0) is 0 Å². The zero-order chi connectivity index (χ0) is 12.1. The average molecular weight is 226 g/mol. The Labute approximate surface area is 89.6 Å². The van der Waals surface area contributed by atoms with E-state index < -0.39 is 12.7 Å². The van der Waals surface area contributed by atoms with E-state index in [9.17, 15) is 13.2 Å². The minimum atomic E-state index is -4.13. The quantitative estimate of drug-likeness (QED) is 0.752. The van der Waals surface area contributed by atoms with E-state index in [2.05, 4.69) is 0 Å². The van der Waals surface area contributed by atoms with Gasteiger partial charge in [0.1, 0.15) is 0 Å². The van der Waals surface area contributed by atoms with Crippen LogP contribution in [0.1, 0.15) is 27.2 Å². The number of hydrogen-bond acceptors (Lipinski definition) is 2. The largest absolute Gasteiger partial charge is 0.401 e. The summed E-state index contributed by atoms with van der Waals surface area (Å²) in [6.07, 6.45) is -3.37. The number of nitrogens with zero attached hydrogens (tertiary/aromatic N) is 1. The van der Waals surface area contributed by atoms with E-state index in [0.717, 1.165) is 6.42 Å². The third-order valence-corrected chi connectivity index (χ3v) is 2.12. The van der Waals surface area contributed by atoms with Crippen LogP contribution in [0.2, 0.25) is 0 Å². The molecule has 0 radical (unpaired) electrons. The molecule has 0 amide bonds. The van der Waals surface area contributed by atoms with Crippen molar-refractivity contribution in [3.05, 3.63) is 0 Å². The molecule has 1 atom stereocenters. The maximum absolute atomic E-state index is 12.1. The molecule has 2 N–H and O–H groups in total. The molecule has 0 aliphatic heterocycles. The average Bonchev–Trinajstić information content (AvgIpc) is 1.98. The summed E-state index contributed by atoms with van der Waals surface area (Å²) in [5.74, 6) is 0.421. The molecule has 0 aromatic rings. The van der Waals surface area contributed by atoms with E-state index in [1.807, 2.05) is 13.8 Å². The van der Waals surface area contributed by atoms with E-state index in [1.165, 1.54) is 4.90 Å². The first kappa shape index (κ1) is 14.7. The molecule has 0 aliphatic rings. The van der Waals surface area contributed by atoms with Gasteiger partial charge in [-0.2, -0.15) is 13.2 Å². The van der Waals surface area contributed by atoms with Crippen LogP contribution in [0.3, 0.4) is 0 Å². The van der Waals surface area contributed by atoms with Crippen molar-refractivity contribution in [2.45, 2.75) is 39.4 Å². The van der Waals surface area contributed by atoms with Gasteiger partial charge in [0, 0.05) is 12.6 Å². The molecule has 0 aromatic heterocycles. The Morgan fingerprint density at radius 1 is 1.27 bits per heavy atom. The highest BCUT2D eigenvalue weighted by atomic mass is 19.4. The van der Waals surface area contributed by atoms with Crippen LogP contribution in [0, 0.1) is 5.92 Å². The summed E-state index contributed by atoms with van der Waals surface area (Å²) >= 11 is 0. The zero-order valence-corrected chi connectivity index (χ0v) is 9.64. The minimum Gasteiger partial charge on any atom is -0.327 e. The molecule has 0 bridgehead atoms. The van der Waals surface area contributed by atoms with Crippen LogP contribution in [-0.4, -0.2) is 36.8 Å². The van der Waals surface area contributed by atoms with Gasteiger partial charge in [-0.1, -0.05) is 20.8 Å². The first-order valence-corrected chi connectivity index (χ1v) is 5.29.